The van der Waals surface area contributed by atoms with Gasteiger partial charge in [-0.15, -0.1) is 0 Å². The molecule has 3 nitrogen and oxygen atoms in total. The van der Waals surface area contributed by atoms with Crippen LogP contribution in [0.25, 0.3) is 0 Å². The van der Waals surface area contributed by atoms with Gasteiger partial charge < -0.3 is 5.73 Å². The van der Waals surface area contributed by atoms with Crippen LogP contribution in [-0.2, 0) is 15.6 Å². The van der Waals surface area contributed by atoms with Gasteiger partial charge in [0.2, 0.25) is 0 Å². The Morgan fingerprint density at radius 3 is 2.75 bits per heavy atom. The molecule has 0 bridgehead atoms. The summed E-state index contributed by atoms with van der Waals surface area (Å²) in [7, 11) is -2.97. The van der Waals surface area contributed by atoms with Crippen LogP contribution in [0.4, 0.5) is 0 Å². The second-order valence-electron chi connectivity index (χ2n) is 2.51. The van der Waals surface area contributed by atoms with Crippen molar-refractivity contribution in [2.75, 3.05) is 12.3 Å². The maximum Gasteiger partial charge on any atom is 0.155 e. The zero-order chi connectivity index (χ0) is 9.03. The summed E-state index contributed by atoms with van der Waals surface area (Å²) in [6, 6.07) is 1.82. The molecule has 0 saturated carbocycles. The van der Waals surface area contributed by atoms with Crippen LogP contribution in [0.5, 0.6) is 0 Å². The first kappa shape index (κ1) is 9.70. The summed E-state index contributed by atoms with van der Waals surface area (Å²) in [5.74, 6) is 0.191. The standard InChI is InChI=1S/C7H11NO2S2/c8-2-4-12(9,10)6-7-1-3-11-5-7/h1,3,5H,2,4,6,8H2. The third kappa shape index (κ3) is 2.92. The minimum atomic E-state index is -2.97. The molecule has 0 aliphatic heterocycles. The highest BCUT2D eigenvalue weighted by Gasteiger charge is 2.10. The lowest BCUT2D eigenvalue weighted by Gasteiger charge is -1.98. The predicted molar refractivity (Wildman–Crippen MR) is 50.9 cm³/mol. The van der Waals surface area contributed by atoms with E-state index in [1.54, 1.807) is 0 Å². The normalized spacial score (nSPS) is 11.8. The third-order valence-electron chi connectivity index (χ3n) is 1.40. The summed E-state index contributed by atoms with van der Waals surface area (Å²) in [5, 5.41) is 3.71. The highest BCUT2D eigenvalue weighted by Crippen LogP contribution is 2.10. The molecule has 68 valence electrons. The monoisotopic (exact) mass is 205 g/mol. The van der Waals surface area contributed by atoms with Crippen molar-refractivity contribution in [2.45, 2.75) is 5.75 Å². The van der Waals surface area contributed by atoms with Crippen molar-refractivity contribution in [2.24, 2.45) is 5.73 Å². The van der Waals surface area contributed by atoms with Gasteiger partial charge in [0.05, 0.1) is 11.5 Å². The Balaban J connectivity index is 2.63. The van der Waals surface area contributed by atoms with E-state index < -0.39 is 9.84 Å². The minimum absolute atomic E-state index is 0.0723. The summed E-state index contributed by atoms with van der Waals surface area (Å²) < 4.78 is 22.4. The SMILES string of the molecule is NCCS(=O)(=O)Cc1ccsc1. The molecule has 0 unspecified atom stereocenters. The average Bonchev–Trinajstić information content (AvgIpc) is 2.38. The van der Waals surface area contributed by atoms with E-state index in [4.69, 9.17) is 5.73 Å². The topological polar surface area (TPSA) is 60.2 Å². The highest BCUT2D eigenvalue weighted by atomic mass is 32.2. The third-order valence-corrected chi connectivity index (χ3v) is 3.76. The summed E-state index contributed by atoms with van der Waals surface area (Å²) in [6.07, 6.45) is 0. The van der Waals surface area contributed by atoms with E-state index >= 15 is 0 Å². The van der Waals surface area contributed by atoms with E-state index in [0.29, 0.717) is 0 Å². The van der Waals surface area contributed by atoms with Crippen molar-refractivity contribution in [3.8, 4) is 0 Å². The van der Waals surface area contributed by atoms with Crippen LogP contribution >= 0.6 is 11.3 Å². The Labute approximate surface area is 76.1 Å². The van der Waals surface area contributed by atoms with Gasteiger partial charge in [-0.2, -0.15) is 11.3 Å². The zero-order valence-electron chi connectivity index (χ0n) is 6.56. The van der Waals surface area contributed by atoms with E-state index in [1.807, 2.05) is 16.8 Å². The van der Waals surface area contributed by atoms with Crippen LogP contribution in [0, 0.1) is 0 Å². The lowest BCUT2D eigenvalue weighted by molar-refractivity contribution is 0.595. The van der Waals surface area contributed by atoms with E-state index in [9.17, 15) is 8.42 Å². The number of sulfone groups is 1. The number of hydrogen-bond donors (Lipinski definition) is 1. The molecule has 0 atom stereocenters. The minimum Gasteiger partial charge on any atom is -0.329 e. The van der Waals surface area contributed by atoms with Crippen molar-refractivity contribution >= 4 is 21.2 Å². The van der Waals surface area contributed by atoms with Gasteiger partial charge in [-0.25, -0.2) is 8.42 Å². The molecule has 0 saturated heterocycles. The Hall–Kier alpha value is -0.390. The molecule has 0 amide bonds. The molecule has 1 aromatic rings. The molecule has 1 rings (SSSR count). The van der Waals surface area contributed by atoms with Crippen LogP contribution in [-0.4, -0.2) is 20.7 Å². The van der Waals surface area contributed by atoms with Gasteiger partial charge in [-0.3, -0.25) is 0 Å². The van der Waals surface area contributed by atoms with Crippen molar-refractivity contribution in [1.82, 2.24) is 0 Å². The lowest BCUT2D eigenvalue weighted by Crippen LogP contribution is -2.16. The number of rotatable bonds is 4. The fourth-order valence-electron chi connectivity index (χ4n) is 0.880. The Kier molecular flexibility index (Phi) is 3.25. The summed E-state index contributed by atoms with van der Waals surface area (Å²) in [6.45, 7) is 0.201. The van der Waals surface area contributed by atoms with Gasteiger partial charge in [0, 0.05) is 6.54 Å². The van der Waals surface area contributed by atoms with Crippen molar-refractivity contribution < 1.29 is 8.42 Å². The molecule has 12 heavy (non-hydrogen) atoms. The summed E-state index contributed by atoms with van der Waals surface area (Å²) in [4.78, 5) is 0. The predicted octanol–water partition coefficient (Wildman–Crippen LogP) is 0.622. The first-order valence-corrected chi connectivity index (χ1v) is 6.32. The van der Waals surface area contributed by atoms with E-state index in [0.717, 1.165) is 5.56 Å². The van der Waals surface area contributed by atoms with Crippen molar-refractivity contribution in [1.29, 1.82) is 0 Å². The molecule has 0 aromatic carbocycles. The summed E-state index contributed by atoms with van der Waals surface area (Å²) in [5.41, 5.74) is 6.02. The molecular formula is C7H11NO2S2. The van der Waals surface area contributed by atoms with Crippen LogP contribution in [0.3, 0.4) is 0 Å². The van der Waals surface area contributed by atoms with Crippen LogP contribution in [0.1, 0.15) is 5.56 Å². The smallest absolute Gasteiger partial charge is 0.155 e. The van der Waals surface area contributed by atoms with Crippen molar-refractivity contribution in [3.05, 3.63) is 22.4 Å². The molecule has 0 aliphatic rings. The molecule has 0 aliphatic carbocycles. The number of thiophene rings is 1. The molecular weight excluding hydrogens is 194 g/mol. The van der Waals surface area contributed by atoms with Crippen molar-refractivity contribution in [3.63, 3.8) is 0 Å². The Morgan fingerprint density at radius 1 is 1.50 bits per heavy atom. The van der Waals surface area contributed by atoms with Crippen LogP contribution < -0.4 is 5.73 Å². The molecule has 0 radical (unpaired) electrons. The Morgan fingerprint density at radius 2 is 2.25 bits per heavy atom. The maximum atomic E-state index is 11.2. The fraction of sp³-hybridized carbons (Fsp3) is 0.429. The maximum absolute atomic E-state index is 11.2. The molecule has 0 fully saturated rings. The first-order chi connectivity index (χ1) is 5.64. The van der Waals surface area contributed by atoms with Gasteiger partial charge in [0.1, 0.15) is 0 Å². The van der Waals surface area contributed by atoms with Gasteiger partial charge in [0.15, 0.2) is 9.84 Å². The van der Waals surface area contributed by atoms with Gasteiger partial charge >= 0.3 is 0 Å². The molecule has 5 heteroatoms. The average molecular weight is 205 g/mol. The van der Waals surface area contributed by atoms with Gasteiger partial charge in [0.25, 0.3) is 0 Å². The molecule has 2 N–H and O–H groups in total. The van der Waals surface area contributed by atoms with Crippen LogP contribution in [0.15, 0.2) is 16.8 Å². The van der Waals surface area contributed by atoms with E-state index in [-0.39, 0.29) is 18.1 Å². The van der Waals surface area contributed by atoms with Crippen LogP contribution in [0.2, 0.25) is 0 Å². The van der Waals surface area contributed by atoms with Gasteiger partial charge in [-0.1, -0.05) is 0 Å². The number of nitrogens with two attached hydrogens (primary N) is 1. The van der Waals surface area contributed by atoms with E-state index in [1.165, 1.54) is 11.3 Å². The van der Waals surface area contributed by atoms with E-state index in [2.05, 4.69) is 0 Å². The van der Waals surface area contributed by atoms with Gasteiger partial charge in [-0.05, 0) is 22.4 Å². The molecule has 1 aromatic heterocycles. The highest BCUT2D eigenvalue weighted by molar-refractivity contribution is 7.90. The Bertz CT molecular complexity index is 315. The fourth-order valence-corrected chi connectivity index (χ4v) is 2.85. The quantitative estimate of drug-likeness (QED) is 0.784. The summed E-state index contributed by atoms with van der Waals surface area (Å²) >= 11 is 1.50. The largest absolute Gasteiger partial charge is 0.329 e. The molecule has 1 heterocycles. The first-order valence-electron chi connectivity index (χ1n) is 3.55. The second-order valence-corrected chi connectivity index (χ2v) is 5.48. The second kappa shape index (κ2) is 4.02. The number of hydrogen-bond acceptors (Lipinski definition) is 4. The zero-order valence-corrected chi connectivity index (χ0v) is 8.20. The lowest BCUT2D eigenvalue weighted by atomic mass is 10.4. The molecule has 0 spiro atoms.